The van der Waals surface area contributed by atoms with Gasteiger partial charge in [-0.25, -0.2) is 0 Å². The van der Waals surface area contributed by atoms with Crippen molar-refractivity contribution < 1.29 is 9.59 Å². The van der Waals surface area contributed by atoms with Gasteiger partial charge in [0.05, 0.1) is 5.25 Å². The van der Waals surface area contributed by atoms with E-state index in [0.29, 0.717) is 6.04 Å². The molecule has 0 radical (unpaired) electrons. The number of hydrogen-bond donors (Lipinski definition) is 2. The van der Waals surface area contributed by atoms with Gasteiger partial charge in [-0.15, -0.1) is 11.8 Å². The molecule has 126 valence electrons. The first kappa shape index (κ1) is 17.8. The number of rotatable bonds is 6. The maximum Gasteiger partial charge on any atom is 0.236 e. The lowest BCUT2D eigenvalue weighted by Gasteiger charge is -2.27. The molecule has 6 heteroatoms. The van der Waals surface area contributed by atoms with E-state index in [0.717, 1.165) is 36.5 Å². The quantitative estimate of drug-likeness (QED) is 0.784. The fourth-order valence-corrected chi connectivity index (χ4v) is 3.82. The Bertz CT molecular complexity index is 547. The average Bonchev–Trinajstić information content (AvgIpc) is 2.96. The predicted molar refractivity (Wildman–Crippen MR) is 94.7 cm³/mol. The summed E-state index contributed by atoms with van der Waals surface area (Å²) in [5.41, 5.74) is 0.773. The summed E-state index contributed by atoms with van der Waals surface area (Å²) in [4.78, 5) is 26.7. The zero-order valence-electron chi connectivity index (χ0n) is 14.0. The molecule has 0 aromatic heterocycles. The fourth-order valence-electron chi connectivity index (χ4n) is 2.88. The highest BCUT2D eigenvalue weighted by molar-refractivity contribution is 8.00. The van der Waals surface area contributed by atoms with Crippen LogP contribution in [0.5, 0.6) is 0 Å². The number of thioether (sulfide) groups is 1. The molecule has 1 aromatic carbocycles. The van der Waals surface area contributed by atoms with Crippen LogP contribution >= 0.6 is 11.8 Å². The van der Waals surface area contributed by atoms with Gasteiger partial charge in [-0.3, -0.25) is 9.59 Å². The first-order valence-electron chi connectivity index (χ1n) is 8.00. The van der Waals surface area contributed by atoms with Crippen molar-refractivity contribution in [3.05, 3.63) is 24.3 Å². The first-order chi connectivity index (χ1) is 11.0. The number of carbonyl (C=O) groups excluding carboxylic acids is 2. The monoisotopic (exact) mass is 335 g/mol. The van der Waals surface area contributed by atoms with Crippen molar-refractivity contribution in [2.24, 2.45) is 0 Å². The Morgan fingerprint density at radius 1 is 1.35 bits per heavy atom. The SMILES string of the molecule is CNCC1CCCN1C(=O)C(C)Sc1ccc(NC(C)=O)cc1. The molecule has 2 rings (SSSR count). The highest BCUT2D eigenvalue weighted by Crippen LogP contribution is 2.28. The minimum absolute atomic E-state index is 0.0847. The summed E-state index contributed by atoms with van der Waals surface area (Å²) in [6, 6.07) is 7.92. The third kappa shape index (κ3) is 4.97. The second-order valence-electron chi connectivity index (χ2n) is 5.85. The van der Waals surface area contributed by atoms with E-state index in [1.807, 2.05) is 43.1 Å². The number of nitrogens with one attached hydrogen (secondary N) is 2. The number of amides is 2. The summed E-state index contributed by atoms with van der Waals surface area (Å²) in [5.74, 6) is 0.122. The highest BCUT2D eigenvalue weighted by Gasteiger charge is 2.31. The number of likely N-dealkylation sites (tertiary alicyclic amines) is 1. The Morgan fingerprint density at radius 3 is 2.65 bits per heavy atom. The number of hydrogen-bond acceptors (Lipinski definition) is 4. The van der Waals surface area contributed by atoms with Gasteiger partial charge >= 0.3 is 0 Å². The molecule has 1 aliphatic rings. The van der Waals surface area contributed by atoms with Gasteiger partial charge in [-0.1, -0.05) is 0 Å². The third-order valence-electron chi connectivity index (χ3n) is 3.94. The number of nitrogens with zero attached hydrogens (tertiary/aromatic N) is 1. The minimum Gasteiger partial charge on any atom is -0.337 e. The molecule has 2 N–H and O–H groups in total. The highest BCUT2D eigenvalue weighted by atomic mass is 32.2. The van der Waals surface area contributed by atoms with Crippen LogP contribution in [0.4, 0.5) is 5.69 Å². The number of benzene rings is 1. The van der Waals surface area contributed by atoms with E-state index in [2.05, 4.69) is 10.6 Å². The topological polar surface area (TPSA) is 61.4 Å². The Labute approximate surface area is 142 Å². The van der Waals surface area contributed by atoms with Gasteiger partial charge in [0, 0.05) is 36.6 Å². The van der Waals surface area contributed by atoms with Gasteiger partial charge in [-0.2, -0.15) is 0 Å². The van der Waals surface area contributed by atoms with Gasteiger partial charge in [0.2, 0.25) is 11.8 Å². The van der Waals surface area contributed by atoms with E-state index in [9.17, 15) is 9.59 Å². The zero-order chi connectivity index (χ0) is 16.8. The summed E-state index contributed by atoms with van der Waals surface area (Å²) in [7, 11) is 1.93. The van der Waals surface area contributed by atoms with Crippen LogP contribution in [0, 0.1) is 0 Å². The molecule has 5 nitrogen and oxygen atoms in total. The molecule has 1 aliphatic heterocycles. The van der Waals surface area contributed by atoms with Crippen molar-refractivity contribution in [1.82, 2.24) is 10.2 Å². The van der Waals surface area contributed by atoms with E-state index in [4.69, 9.17) is 0 Å². The van der Waals surface area contributed by atoms with Gasteiger partial charge in [-0.05, 0) is 51.1 Å². The number of carbonyl (C=O) groups is 2. The van der Waals surface area contributed by atoms with Gasteiger partial charge in [0.25, 0.3) is 0 Å². The second-order valence-corrected chi connectivity index (χ2v) is 7.27. The second kappa shape index (κ2) is 8.36. The maximum absolute atomic E-state index is 12.7. The maximum atomic E-state index is 12.7. The van der Waals surface area contributed by atoms with Crippen LogP contribution in [0.1, 0.15) is 26.7 Å². The zero-order valence-corrected chi connectivity index (χ0v) is 14.8. The molecule has 1 fully saturated rings. The predicted octanol–water partition coefficient (Wildman–Crippen LogP) is 2.34. The van der Waals surface area contributed by atoms with Crippen LogP contribution in [0.15, 0.2) is 29.2 Å². The molecule has 2 atom stereocenters. The van der Waals surface area contributed by atoms with Crippen molar-refractivity contribution in [3.63, 3.8) is 0 Å². The van der Waals surface area contributed by atoms with E-state index in [1.54, 1.807) is 11.8 Å². The van der Waals surface area contributed by atoms with Crippen LogP contribution in [-0.2, 0) is 9.59 Å². The molecular weight excluding hydrogens is 310 g/mol. The average molecular weight is 335 g/mol. The van der Waals surface area contributed by atoms with Gasteiger partial charge < -0.3 is 15.5 Å². The fraction of sp³-hybridized carbons (Fsp3) is 0.529. The third-order valence-corrected chi connectivity index (χ3v) is 5.03. The van der Waals surface area contributed by atoms with Crippen molar-refractivity contribution in [2.45, 2.75) is 42.9 Å². The number of likely N-dealkylation sites (N-methyl/N-ethyl adjacent to an activating group) is 1. The summed E-state index contributed by atoms with van der Waals surface area (Å²) < 4.78 is 0. The summed E-state index contributed by atoms with van der Waals surface area (Å²) in [5, 5.41) is 5.80. The Balaban J connectivity index is 1.94. The molecule has 2 unspecified atom stereocenters. The van der Waals surface area contributed by atoms with Crippen molar-refractivity contribution in [3.8, 4) is 0 Å². The Hall–Kier alpha value is -1.53. The lowest BCUT2D eigenvalue weighted by atomic mass is 10.2. The largest absolute Gasteiger partial charge is 0.337 e. The normalized spacial score (nSPS) is 18.7. The number of anilines is 1. The van der Waals surface area contributed by atoms with Crippen molar-refractivity contribution >= 4 is 29.3 Å². The molecule has 1 saturated heterocycles. The van der Waals surface area contributed by atoms with Crippen molar-refractivity contribution in [2.75, 3.05) is 25.5 Å². The Kier molecular flexibility index (Phi) is 6.47. The molecule has 0 saturated carbocycles. The molecule has 2 amide bonds. The van der Waals surface area contributed by atoms with Crippen LogP contribution < -0.4 is 10.6 Å². The minimum atomic E-state index is -0.112. The lowest BCUT2D eigenvalue weighted by molar-refractivity contribution is -0.131. The van der Waals surface area contributed by atoms with E-state index in [-0.39, 0.29) is 17.1 Å². The van der Waals surface area contributed by atoms with Crippen LogP contribution in [0.3, 0.4) is 0 Å². The van der Waals surface area contributed by atoms with Gasteiger partial charge in [0.1, 0.15) is 0 Å². The molecule has 0 aliphatic carbocycles. The van der Waals surface area contributed by atoms with Gasteiger partial charge in [0.15, 0.2) is 0 Å². The lowest BCUT2D eigenvalue weighted by Crippen LogP contribution is -2.44. The summed E-state index contributed by atoms with van der Waals surface area (Å²) in [6.45, 7) is 5.16. The molecule has 1 aromatic rings. The standard InChI is InChI=1S/C17H25N3O2S/c1-12(17(22)20-10-4-5-15(20)11-18-3)23-16-8-6-14(7-9-16)19-13(2)21/h6-9,12,15,18H,4-5,10-11H2,1-3H3,(H,19,21). The Morgan fingerprint density at radius 2 is 2.04 bits per heavy atom. The van der Waals surface area contributed by atoms with Crippen LogP contribution in [-0.4, -0.2) is 48.1 Å². The smallest absolute Gasteiger partial charge is 0.236 e. The summed E-state index contributed by atoms with van der Waals surface area (Å²) >= 11 is 1.56. The van der Waals surface area contributed by atoms with Crippen molar-refractivity contribution in [1.29, 1.82) is 0 Å². The van der Waals surface area contributed by atoms with E-state index >= 15 is 0 Å². The molecule has 23 heavy (non-hydrogen) atoms. The molecule has 1 heterocycles. The molecular formula is C17H25N3O2S. The van der Waals surface area contributed by atoms with Crippen LogP contribution in [0.2, 0.25) is 0 Å². The van der Waals surface area contributed by atoms with E-state index < -0.39 is 0 Å². The molecule has 0 spiro atoms. The first-order valence-corrected chi connectivity index (χ1v) is 8.88. The van der Waals surface area contributed by atoms with Crippen LogP contribution in [0.25, 0.3) is 0 Å². The molecule has 0 bridgehead atoms. The summed E-state index contributed by atoms with van der Waals surface area (Å²) in [6.07, 6.45) is 2.16. The van der Waals surface area contributed by atoms with E-state index in [1.165, 1.54) is 6.92 Å².